The molecule has 7 heteroatoms. The van der Waals surface area contributed by atoms with Gasteiger partial charge in [-0.1, -0.05) is 25.3 Å². The summed E-state index contributed by atoms with van der Waals surface area (Å²) in [5.74, 6) is 0.630. The van der Waals surface area contributed by atoms with Gasteiger partial charge < -0.3 is 4.74 Å². The summed E-state index contributed by atoms with van der Waals surface area (Å²) in [4.78, 5) is 5.30. The van der Waals surface area contributed by atoms with Crippen molar-refractivity contribution in [3.8, 4) is 17.0 Å². The topological polar surface area (TPSA) is 38.9 Å². The third-order valence-corrected chi connectivity index (χ3v) is 5.31. The lowest BCUT2D eigenvalue weighted by molar-refractivity contribution is -0.0498. The van der Waals surface area contributed by atoms with Gasteiger partial charge in [0.05, 0.1) is 12.2 Å². The van der Waals surface area contributed by atoms with Crippen LogP contribution in [0.15, 0.2) is 52.4 Å². The smallest absolute Gasteiger partial charge is 0.387 e. The zero-order valence-corrected chi connectivity index (χ0v) is 15.9. The molecular weight excluding hydrogens is 368 g/mol. The molecule has 144 valence electrons. The molecule has 1 aromatic carbocycles. The van der Waals surface area contributed by atoms with Crippen molar-refractivity contribution in [3.05, 3.63) is 47.1 Å². The van der Waals surface area contributed by atoms with Crippen LogP contribution in [0, 0.1) is 5.92 Å². The van der Waals surface area contributed by atoms with Crippen molar-refractivity contribution in [2.24, 2.45) is 16.0 Å². The van der Waals surface area contributed by atoms with E-state index in [4.69, 9.17) is 5.10 Å². The van der Waals surface area contributed by atoms with Crippen LogP contribution in [0.1, 0.15) is 32.1 Å². The molecule has 1 aliphatic carbocycles. The second-order valence-electron chi connectivity index (χ2n) is 6.41. The Labute approximate surface area is 161 Å². The summed E-state index contributed by atoms with van der Waals surface area (Å²) in [6, 6.07) is 6.58. The fourth-order valence-electron chi connectivity index (χ4n) is 3.11. The van der Waals surface area contributed by atoms with Crippen molar-refractivity contribution < 1.29 is 13.5 Å². The molecule has 0 unspecified atom stereocenters. The van der Waals surface area contributed by atoms with Crippen molar-refractivity contribution in [1.82, 2.24) is 4.68 Å². The van der Waals surface area contributed by atoms with E-state index in [0.29, 0.717) is 12.5 Å². The number of thiazole rings is 1. The molecule has 0 aliphatic heterocycles. The Kier molecular flexibility index (Phi) is 6.92. The van der Waals surface area contributed by atoms with Crippen LogP contribution in [0.5, 0.6) is 5.75 Å². The summed E-state index contributed by atoms with van der Waals surface area (Å²) >= 11 is 1.50. The van der Waals surface area contributed by atoms with Gasteiger partial charge in [-0.15, -0.1) is 17.9 Å². The molecule has 0 N–H and O–H groups in total. The zero-order valence-electron chi connectivity index (χ0n) is 15.1. The molecule has 0 spiro atoms. The molecule has 27 heavy (non-hydrogen) atoms. The summed E-state index contributed by atoms with van der Waals surface area (Å²) < 4.78 is 30.9. The number of hydrogen-bond acceptors (Lipinski definition) is 4. The van der Waals surface area contributed by atoms with Crippen LogP contribution in [0.25, 0.3) is 11.3 Å². The Balaban J connectivity index is 1.91. The molecule has 0 bridgehead atoms. The highest BCUT2D eigenvalue weighted by Crippen LogP contribution is 2.25. The number of aromatic nitrogens is 1. The van der Waals surface area contributed by atoms with E-state index in [1.165, 1.54) is 55.6 Å². The fourth-order valence-corrected chi connectivity index (χ4v) is 3.96. The number of alkyl halides is 2. The Morgan fingerprint density at radius 2 is 1.96 bits per heavy atom. The highest BCUT2D eigenvalue weighted by molar-refractivity contribution is 7.07. The van der Waals surface area contributed by atoms with Gasteiger partial charge in [-0.05, 0) is 43.0 Å². The summed E-state index contributed by atoms with van der Waals surface area (Å²) in [6.07, 6.45) is 9.90. The van der Waals surface area contributed by atoms with Crippen molar-refractivity contribution in [2.45, 2.75) is 38.7 Å². The standard InChI is InChI=1S/C20H23F2N3OS/c1-2-12-23-20-25(24-13-15-6-4-3-5-7-15)18(14-27-20)16-8-10-17(11-9-16)26-19(21)22/h2,8-11,13-15,19H,1,3-7,12H2/b23-20?,24-13+. The minimum absolute atomic E-state index is 0.137. The van der Waals surface area contributed by atoms with Crippen molar-refractivity contribution >= 4 is 17.6 Å². The van der Waals surface area contributed by atoms with Gasteiger partial charge in [0.1, 0.15) is 5.75 Å². The first-order valence-electron chi connectivity index (χ1n) is 9.09. The summed E-state index contributed by atoms with van der Waals surface area (Å²) in [6.45, 7) is 1.40. The number of hydrogen-bond donors (Lipinski definition) is 0. The molecule has 0 saturated heterocycles. The van der Waals surface area contributed by atoms with Gasteiger partial charge in [0, 0.05) is 17.2 Å². The van der Waals surface area contributed by atoms with E-state index >= 15 is 0 Å². The Morgan fingerprint density at radius 1 is 1.22 bits per heavy atom. The molecular formula is C20H23F2N3OS. The lowest BCUT2D eigenvalue weighted by atomic mass is 9.90. The largest absolute Gasteiger partial charge is 0.435 e. The molecule has 0 radical (unpaired) electrons. The van der Waals surface area contributed by atoms with Gasteiger partial charge >= 0.3 is 6.61 Å². The van der Waals surface area contributed by atoms with Crippen LogP contribution in [-0.2, 0) is 0 Å². The lowest BCUT2D eigenvalue weighted by Gasteiger charge is -2.17. The van der Waals surface area contributed by atoms with E-state index in [0.717, 1.165) is 16.1 Å². The number of nitrogens with zero attached hydrogens (tertiary/aromatic N) is 3. The van der Waals surface area contributed by atoms with E-state index in [1.54, 1.807) is 18.2 Å². The highest BCUT2D eigenvalue weighted by Gasteiger charge is 2.13. The van der Waals surface area contributed by atoms with Gasteiger partial charge in [-0.3, -0.25) is 4.99 Å². The molecule has 4 nitrogen and oxygen atoms in total. The monoisotopic (exact) mass is 391 g/mol. The number of benzene rings is 1. The summed E-state index contributed by atoms with van der Waals surface area (Å²) in [5, 5.41) is 6.69. The van der Waals surface area contributed by atoms with E-state index in [1.807, 2.05) is 16.3 Å². The number of ether oxygens (including phenoxy) is 1. The van der Waals surface area contributed by atoms with Crippen LogP contribution >= 0.6 is 11.3 Å². The maximum absolute atomic E-state index is 12.3. The van der Waals surface area contributed by atoms with Gasteiger partial charge in [0.25, 0.3) is 0 Å². The second kappa shape index (κ2) is 9.60. The van der Waals surface area contributed by atoms with Crippen LogP contribution in [-0.4, -0.2) is 24.0 Å². The van der Waals surface area contributed by atoms with Crippen LogP contribution < -0.4 is 9.54 Å². The first-order valence-corrected chi connectivity index (χ1v) is 9.97. The van der Waals surface area contributed by atoms with Gasteiger partial charge in [-0.2, -0.15) is 13.9 Å². The van der Waals surface area contributed by atoms with Crippen molar-refractivity contribution in [1.29, 1.82) is 0 Å². The Bertz CT molecular complexity index is 834. The first kappa shape index (κ1) is 19.5. The minimum atomic E-state index is -2.83. The number of halogens is 2. The summed E-state index contributed by atoms with van der Waals surface area (Å²) in [5.41, 5.74) is 1.74. The van der Waals surface area contributed by atoms with Gasteiger partial charge in [0.15, 0.2) is 0 Å². The quantitative estimate of drug-likeness (QED) is 0.465. The van der Waals surface area contributed by atoms with Gasteiger partial charge in [-0.25, -0.2) is 4.68 Å². The SMILES string of the molecule is C=CCN=c1scc(-c2ccc(OC(F)F)cc2)n1/N=C/C1CCCCC1. The average molecular weight is 391 g/mol. The van der Waals surface area contributed by atoms with E-state index < -0.39 is 6.61 Å². The third-order valence-electron chi connectivity index (χ3n) is 4.46. The predicted octanol–water partition coefficient (Wildman–Crippen LogP) is 5.32. The fraction of sp³-hybridized carbons (Fsp3) is 0.400. The highest BCUT2D eigenvalue weighted by atomic mass is 32.1. The van der Waals surface area contributed by atoms with E-state index in [9.17, 15) is 8.78 Å². The normalized spacial score (nSPS) is 16.3. The molecule has 0 amide bonds. The maximum atomic E-state index is 12.3. The Morgan fingerprint density at radius 3 is 2.63 bits per heavy atom. The minimum Gasteiger partial charge on any atom is -0.435 e. The Hall–Kier alpha value is -2.28. The molecule has 1 saturated carbocycles. The average Bonchev–Trinajstić information content (AvgIpc) is 3.08. The molecule has 3 rings (SSSR count). The first-order chi connectivity index (χ1) is 13.2. The van der Waals surface area contributed by atoms with Crippen molar-refractivity contribution in [2.75, 3.05) is 6.54 Å². The van der Waals surface area contributed by atoms with E-state index in [2.05, 4.69) is 16.3 Å². The third kappa shape index (κ3) is 5.35. The zero-order chi connectivity index (χ0) is 19.1. The molecule has 2 aromatic rings. The van der Waals surface area contributed by atoms with Gasteiger partial charge in [0.2, 0.25) is 4.80 Å². The van der Waals surface area contributed by atoms with Crippen LogP contribution in [0.3, 0.4) is 0 Å². The molecule has 1 fully saturated rings. The van der Waals surface area contributed by atoms with Crippen LogP contribution in [0.4, 0.5) is 8.78 Å². The second-order valence-corrected chi connectivity index (χ2v) is 7.25. The summed E-state index contributed by atoms with van der Waals surface area (Å²) in [7, 11) is 0. The molecule has 1 heterocycles. The molecule has 1 aliphatic rings. The molecule has 1 aromatic heterocycles. The van der Waals surface area contributed by atoms with E-state index in [-0.39, 0.29) is 5.75 Å². The molecule has 0 atom stereocenters. The van der Waals surface area contributed by atoms with Crippen LogP contribution in [0.2, 0.25) is 0 Å². The van der Waals surface area contributed by atoms with Crippen molar-refractivity contribution in [3.63, 3.8) is 0 Å². The maximum Gasteiger partial charge on any atom is 0.387 e. The lowest BCUT2D eigenvalue weighted by Crippen LogP contribution is -2.15. The predicted molar refractivity (Wildman–Crippen MR) is 105 cm³/mol. The number of rotatable bonds is 7.